The fourth-order valence-corrected chi connectivity index (χ4v) is 0.924. The van der Waals surface area contributed by atoms with Crippen molar-refractivity contribution in [3.05, 3.63) is 12.2 Å². The minimum atomic E-state index is -0.483. The second kappa shape index (κ2) is 5.18. The van der Waals surface area contributed by atoms with E-state index in [-0.39, 0.29) is 11.2 Å². The molecule has 13 heavy (non-hydrogen) atoms. The van der Waals surface area contributed by atoms with E-state index in [2.05, 4.69) is 20.8 Å². The third-order valence-corrected chi connectivity index (χ3v) is 1.74. The van der Waals surface area contributed by atoms with E-state index in [1.165, 1.54) is 13.0 Å². The van der Waals surface area contributed by atoms with Gasteiger partial charge in [-0.3, -0.25) is 4.79 Å². The van der Waals surface area contributed by atoms with Gasteiger partial charge in [0.05, 0.1) is 6.10 Å². The molecule has 0 saturated heterocycles. The first-order valence-corrected chi connectivity index (χ1v) is 4.68. The van der Waals surface area contributed by atoms with Gasteiger partial charge in [0.15, 0.2) is 5.78 Å². The van der Waals surface area contributed by atoms with Crippen LogP contribution in [-0.2, 0) is 4.79 Å². The molecule has 0 aromatic rings. The Balaban J connectivity index is 3.76. The Morgan fingerprint density at radius 3 is 2.38 bits per heavy atom. The lowest BCUT2D eigenvalue weighted by Gasteiger charge is -2.18. The molecular formula is C11H20O2. The maximum atomic E-state index is 10.6. The minimum Gasteiger partial charge on any atom is -0.389 e. The molecule has 0 aliphatic carbocycles. The van der Waals surface area contributed by atoms with Crippen LogP contribution in [-0.4, -0.2) is 17.0 Å². The number of hydrogen-bond donors (Lipinski definition) is 1. The molecule has 0 rings (SSSR count). The zero-order valence-corrected chi connectivity index (χ0v) is 9.00. The maximum absolute atomic E-state index is 10.6. The summed E-state index contributed by atoms with van der Waals surface area (Å²) >= 11 is 0. The van der Waals surface area contributed by atoms with Crippen LogP contribution in [0.1, 0.15) is 40.5 Å². The molecule has 0 fully saturated rings. The third-order valence-electron chi connectivity index (χ3n) is 1.74. The number of ketones is 1. The smallest absolute Gasteiger partial charge is 0.152 e. The fourth-order valence-electron chi connectivity index (χ4n) is 0.924. The van der Waals surface area contributed by atoms with Gasteiger partial charge < -0.3 is 5.11 Å². The van der Waals surface area contributed by atoms with Crippen molar-refractivity contribution in [3.8, 4) is 0 Å². The number of carbonyl (C=O) groups excluding carboxylic acids is 1. The van der Waals surface area contributed by atoms with Crippen LogP contribution >= 0.6 is 0 Å². The molecule has 1 N–H and O–H groups in total. The van der Waals surface area contributed by atoms with Crippen molar-refractivity contribution in [2.24, 2.45) is 5.41 Å². The van der Waals surface area contributed by atoms with Crippen LogP contribution in [0.15, 0.2) is 12.2 Å². The first-order chi connectivity index (χ1) is 5.81. The van der Waals surface area contributed by atoms with E-state index in [0.717, 1.165) is 6.42 Å². The van der Waals surface area contributed by atoms with Crippen molar-refractivity contribution >= 4 is 5.78 Å². The molecule has 1 unspecified atom stereocenters. The highest BCUT2D eigenvalue weighted by molar-refractivity contribution is 5.87. The van der Waals surface area contributed by atoms with E-state index < -0.39 is 6.10 Å². The summed E-state index contributed by atoms with van der Waals surface area (Å²) in [5.41, 5.74) is 0.241. The van der Waals surface area contributed by atoms with E-state index in [0.29, 0.717) is 6.42 Å². The SMILES string of the molecule is CC(=O)/C=C/C(O)CCC(C)(C)C. The Kier molecular flexibility index (Phi) is 4.92. The van der Waals surface area contributed by atoms with Gasteiger partial charge in [-0.2, -0.15) is 0 Å². The zero-order chi connectivity index (χ0) is 10.5. The summed E-state index contributed by atoms with van der Waals surface area (Å²) in [6, 6.07) is 0. The number of hydrogen-bond acceptors (Lipinski definition) is 2. The van der Waals surface area contributed by atoms with Crippen LogP contribution < -0.4 is 0 Å². The monoisotopic (exact) mass is 184 g/mol. The van der Waals surface area contributed by atoms with Gasteiger partial charge >= 0.3 is 0 Å². The molecule has 0 amide bonds. The predicted octanol–water partition coefficient (Wildman–Crippen LogP) is 2.32. The molecule has 0 aliphatic heterocycles. The summed E-state index contributed by atoms with van der Waals surface area (Å²) in [6.07, 6.45) is 4.17. The van der Waals surface area contributed by atoms with Crippen molar-refractivity contribution in [2.75, 3.05) is 0 Å². The van der Waals surface area contributed by atoms with Crippen molar-refractivity contribution in [1.29, 1.82) is 0 Å². The molecule has 0 saturated carbocycles. The number of aliphatic hydroxyl groups is 1. The van der Waals surface area contributed by atoms with Crippen LogP contribution in [0.25, 0.3) is 0 Å². The van der Waals surface area contributed by atoms with Crippen LogP contribution in [0.2, 0.25) is 0 Å². The Labute approximate surface area is 80.7 Å². The standard InChI is InChI=1S/C11H20O2/c1-9(12)5-6-10(13)7-8-11(2,3)4/h5-6,10,13H,7-8H2,1-4H3/b6-5+. The third kappa shape index (κ3) is 9.28. The molecular weight excluding hydrogens is 164 g/mol. The molecule has 0 bridgehead atoms. The predicted molar refractivity (Wildman–Crippen MR) is 54.5 cm³/mol. The number of rotatable bonds is 4. The van der Waals surface area contributed by atoms with E-state index >= 15 is 0 Å². The van der Waals surface area contributed by atoms with Crippen LogP contribution in [0.5, 0.6) is 0 Å². The average Bonchev–Trinajstić information content (AvgIpc) is 1.95. The van der Waals surface area contributed by atoms with Gasteiger partial charge in [0.25, 0.3) is 0 Å². The number of allylic oxidation sites excluding steroid dienone is 1. The summed E-state index contributed by atoms with van der Waals surface area (Å²) in [7, 11) is 0. The summed E-state index contributed by atoms with van der Waals surface area (Å²) < 4.78 is 0. The lowest BCUT2D eigenvalue weighted by atomic mass is 9.89. The second-order valence-electron chi connectivity index (χ2n) is 4.64. The molecule has 0 aromatic heterocycles. The molecule has 0 heterocycles. The van der Waals surface area contributed by atoms with E-state index in [4.69, 9.17) is 0 Å². The summed E-state index contributed by atoms with van der Waals surface area (Å²) in [5.74, 6) is -0.0187. The van der Waals surface area contributed by atoms with Crippen LogP contribution in [0.4, 0.5) is 0 Å². The highest BCUT2D eigenvalue weighted by atomic mass is 16.3. The molecule has 0 spiro atoms. The van der Waals surface area contributed by atoms with Crippen molar-refractivity contribution in [1.82, 2.24) is 0 Å². The Bertz CT molecular complexity index is 187. The van der Waals surface area contributed by atoms with Gasteiger partial charge in [0, 0.05) is 0 Å². The number of aliphatic hydroxyl groups excluding tert-OH is 1. The van der Waals surface area contributed by atoms with Crippen molar-refractivity contribution in [3.63, 3.8) is 0 Å². The largest absolute Gasteiger partial charge is 0.389 e. The Hall–Kier alpha value is -0.630. The van der Waals surface area contributed by atoms with Gasteiger partial charge in [-0.15, -0.1) is 0 Å². The highest BCUT2D eigenvalue weighted by Crippen LogP contribution is 2.21. The molecule has 76 valence electrons. The van der Waals surface area contributed by atoms with Gasteiger partial charge in [0.1, 0.15) is 0 Å². The quantitative estimate of drug-likeness (QED) is 0.681. The van der Waals surface area contributed by atoms with E-state index in [1.54, 1.807) is 6.08 Å². The average molecular weight is 184 g/mol. The van der Waals surface area contributed by atoms with Gasteiger partial charge in [0.2, 0.25) is 0 Å². The van der Waals surface area contributed by atoms with Gasteiger partial charge in [-0.25, -0.2) is 0 Å². The van der Waals surface area contributed by atoms with Gasteiger partial charge in [-0.05, 0) is 31.3 Å². The molecule has 1 atom stereocenters. The van der Waals surface area contributed by atoms with Crippen LogP contribution in [0.3, 0.4) is 0 Å². The highest BCUT2D eigenvalue weighted by Gasteiger charge is 2.11. The van der Waals surface area contributed by atoms with Crippen molar-refractivity contribution in [2.45, 2.75) is 46.6 Å². The molecule has 2 heteroatoms. The first kappa shape index (κ1) is 12.4. The number of carbonyl (C=O) groups is 1. The molecule has 0 aromatic carbocycles. The fraction of sp³-hybridized carbons (Fsp3) is 0.727. The summed E-state index contributed by atoms with van der Waals surface area (Å²) in [6.45, 7) is 7.88. The zero-order valence-electron chi connectivity index (χ0n) is 9.00. The first-order valence-electron chi connectivity index (χ1n) is 4.68. The molecule has 2 nitrogen and oxygen atoms in total. The second-order valence-corrected chi connectivity index (χ2v) is 4.64. The molecule has 0 aliphatic rings. The van der Waals surface area contributed by atoms with E-state index in [1.807, 2.05) is 0 Å². The maximum Gasteiger partial charge on any atom is 0.152 e. The van der Waals surface area contributed by atoms with Crippen molar-refractivity contribution < 1.29 is 9.90 Å². The normalized spacial score (nSPS) is 14.8. The minimum absolute atomic E-state index is 0.0187. The lowest BCUT2D eigenvalue weighted by Crippen LogP contribution is -2.11. The lowest BCUT2D eigenvalue weighted by molar-refractivity contribution is -0.112. The molecule has 0 radical (unpaired) electrons. The Morgan fingerprint density at radius 2 is 2.00 bits per heavy atom. The Morgan fingerprint density at radius 1 is 1.46 bits per heavy atom. The van der Waals surface area contributed by atoms with E-state index in [9.17, 15) is 9.90 Å². The topological polar surface area (TPSA) is 37.3 Å². The summed E-state index contributed by atoms with van der Waals surface area (Å²) in [4.78, 5) is 10.6. The summed E-state index contributed by atoms with van der Waals surface area (Å²) in [5, 5.41) is 9.42. The van der Waals surface area contributed by atoms with Gasteiger partial charge in [-0.1, -0.05) is 26.8 Å². The van der Waals surface area contributed by atoms with Crippen LogP contribution in [0, 0.1) is 5.41 Å².